The highest BCUT2D eigenvalue weighted by atomic mass is 32.2. The molecule has 9 heteroatoms. The van der Waals surface area contributed by atoms with E-state index >= 15 is 0 Å². The van der Waals surface area contributed by atoms with E-state index in [1.807, 2.05) is 0 Å². The Labute approximate surface area is 121 Å². The van der Waals surface area contributed by atoms with Gasteiger partial charge in [0.05, 0.1) is 17.7 Å². The number of aromatic nitrogens is 1. The summed E-state index contributed by atoms with van der Waals surface area (Å²) in [5.41, 5.74) is -0.0861. The smallest absolute Gasteiger partial charge is 0.249 e. The monoisotopic (exact) mass is 319 g/mol. The standard InChI is InChI=1S/C11H17N3O4S2/c1-7-9(20(12,16)17)19-10(13-7)14-8(15)6-11(18-2)4-3-5-11/h3-6H2,1-2H3,(H2,12,16,17)(H,13,14,15). The Morgan fingerprint density at radius 1 is 1.55 bits per heavy atom. The number of hydrogen-bond acceptors (Lipinski definition) is 6. The van der Waals surface area contributed by atoms with Crippen molar-refractivity contribution in [1.29, 1.82) is 0 Å². The van der Waals surface area contributed by atoms with Gasteiger partial charge in [-0.25, -0.2) is 18.5 Å². The van der Waals surface area contributed by atoms with Crippen LogP contribution in [0.5, 0.6) is 0 Å². The third-order valence-electron chi connectivity index (χ3n) is 3.44. The molecular formula is C11H17N3O4S2. The lowest BCUT2D eigenvalue weighted by atomic mass is 9.77. The molecule has 2 rings (SSSR count). The highest BCUT2D eigenvalue weighted by Crippen LogP contribution is 2.38. The minimum absolute atomic E-state index is 0.0297. The van der Waals surface area contributed by atoms with Crippen molar-refractivity contribution in [2.24, 2.45) is 5.14 Å². The maximum Gasteiger partial charge on any atom is 0.249 e. The molecule has 1 aromatic heterocycles. The van der Waals surface area contributed by atoms with Gasteiger partial charge in [0.2, 0.25) is 15.9 Å². The molecule has 0 radical (unpaired) electrons. The fourth-order valence-corrected chi connectivity index (χ4v) is 4.06. The van der Waals surface area contributed by atoms with E-state index in [1.54, 1.807) is 7.11 Å². The number of nitrogens with zero attached hydrogens (tertiary/aromatic N) is 1. The first-order chi connectivity index (χ1) is 9.26. The molecule has 1 aromatic rings. The summed E-state index contributed by atoms with van der Waals surface area (Å²) in [6.07, 6.45) is 3.01. The number of nitrogens with one attached hydrogen (secondary N) is 1. The van der Waals surface area contributed by atoms with Crippen LogP contribution >= 0.6 is 11.3 Å². The second-order valence-corrected chi connectivity index (χ2v) is 7.66. The third kappa shape index (κ3) is 3.17. The van der Waals surface area contributed by atoms with Crippen LogP contribution in [0.15, 0.2) is 4.21 Å². The quantitative estimate of drug-likeness (QED) is 0.841. The van der Waals surface area contributed by atoms with Gasteiger partial charge in [-0.15, -0.1) is 0 Å². The van der Waals surface area contributed by atoms with Crippen LogP contribution in [0, 0.1) is 6.92 Å². The van der Waals surface area contributed by atoms with Crippen molar-refractivity contribution in [3.63, 3.8) is 0 Å². The van der Waals surface area contributed by atoms with Crippen LogP contribution in [0.4, 0.5) is 5.13 Å². The van der Waals surface area contributed by atoms with Gasteiger partial charge in [-0.2, -0.15) is 0 Å². The molecule has 1 heterocycles. The molecule has 1 amide bonds. The molecule has 0 bridgehead atoms. The number of rotatable bonds is 5. The van der Waals surface area contributed by atoms with Gasteiger partial charge in [0.15, 0.2) is 9.34 Å². The van der Waals surface area contributed by atoms with Gasteiger partial charge in [-0.05, 0) is 26.2 Å². The molecule has 3 N–H and O–H groups in total. The molecular weight excluding hydrogens is 302 g/mol. The maximum atomic E-state index is 11.9. The van der Waals surface area contributed by atoms with E-state index in [4.69, 9.17) is 9.88 Å². The number of thiazole rings is 1. The molecule has 0 saturated heterocycles. The fraction of sp³-hybridized carbons (Fsp3) is 0.636. The molecule has 1 aliphatic carbocycles. The SMILES string of the molecule is COC1(CC(=O)Nc2nc(C)c(S(N)(=O)=O)s2)CCC1. The van der Waals surface area contributed by atoms with Gasteiger partial charge >= 0.3 is 0 Å². The van der Waals surface area contributed by atoms with Crippen LogP contribution in [0.3, 0.4) is 0 Å². The minimum atomic E-state index is -3.80. The molecule has 0 spiro atoms. The molecule has 1 fully saturated rings. The number of hydrogen-bond donors (Lipinski definition) is 2. The van der Waals surface area contributed by atoms with E-state index in [2.05, 4.69) is 10.3 Å². The van der Waals surface area contributed by atoms with Gasteiger partial charge < -0.3 is 10.1 Å². The molecule has 20 heavy (non-hydrogen) atoms. The number of anilines is 1. The molecule has 1 aliphatic rings. The number of sulfonamides is 1. The van der Waals surface area contributed by atoms with Crippen molar-refractivity contribution in [1.82, 2.24) is 4.98 Å². The van der Waals surface area contributed by atoms with E-state index in [0.717, 1.165) is 30.6 Å². The van der Waals surface area contributed by atoms with E-state index in [1.165, 1.54) is 6.92 Å². The normalized spacial score (nSPS) is 17.6. The predicted octanol–water partition coefficient (Wildman–Crippen LogP) is 0.997. The van der Waals surface area contributed by atoms with Gasteiger partial charge in [-0.3, -0.25) is 4.79 Å². The number of ether oxygens (including phenoxy) is 1. The van der Waals surface area contributed by atoms with Gasteiger partial charge in [0.25, 0.3) is 0 Å². The van der Waals surface area contributed by atoms with Gasteiger partial charge in [-0.1, -0.05) is 11.3 Å². The number of primary sulfonamides is 1. The largest absolute Gasteiger partial charge is 0.378 e. The lowest BCUT2D eigenvalue weighted by Crippen LogP contribution is -2.42. The molecule has 0 atom stereocenters. The maximum absolute atomic E-state index is 11.9. The molecule has 0 unspecified atom stereocenters. The lowest BCUT2D eigenvalue weighted by molar-refractivity contribution is -0.129. The molecule has 0 aromatic carbocycles. The topological polar surface area (TPSA) is 111 Å². The molecule has 0 aliphatic heterocycles. The Morgan fingerprint density at radius 2 is 2.20 bits per heavy atom. The zero-order valence-corrected chi connectivity index (χ0v) is 12.9. The number of aryl methyl sites for hydroxylation is 1. The zero-order valence-electron chi connectivity index (χ0n) is 11.3. The summed E-state index contributed by atoms with van der Waals surface area (Å²) in [7, 11) is -2.21. The van der Waals surface area contributed by atoms with Crippen molar-refractivity contribution >= 4 is 32.4 Å². The average molecular weight is 319 g/mol. The Kier molecular flexibility index (Phi) is 4.14. The second kappa shape index (κ2) is 5.40. The summed E-state index contributed by atoms with van der Waals surface area (Å²) in [6.45, 7) is 1.54. The highest BCUT2D eigenvalue weighted by molar-refractivity contribution is 7.91. The highest BCUT2D eigenvalue weighted by Gasteiger charge is 2.39. The van der Waals surface area contributed by atoms with Gasteiger partial charge in [0, 0.05) is 7.11 Å². The van der Waals surface area contributed by atoms with E-state index in [0.29, 0.717) is 0 Å². The predicted molar refractivity (Wildman–Crippen MR) is 75.1 cm³/mol. The summed E-state index contributed by atoms with van der Waals surface area (Å²) in [6, 6.07) is 0. The van der Waals surface area contributed by atoms with Crippen molar-refractivity contribution in [3.05, 3.63) is 5.69 Å². The summed E-state index contributed by atoms with van der Waals surface area (Å²) < 4.78 is 27.9. The number of amides is 1. The summed E-state index contributed by atoms with van der Waals surface area (Å²) in [5.74, 6) is -0.235. The zero-order chi connectivity index (χ0) is 15.0. The first-order valence-electron chi connectivity index (χ1n) is 6.11. The third-order valence-corrected chi connectivity index (χ3v) is 6.07. The van der Waals surface area contributed by atoms with E-state index in [-0.39, 0.29) is 33.0 Å². The van der Waals surface area contributed by atoms with Crippen molar-refractivity contribution in [3.8, 4) is 0 Å². The Balaban J connectivity index is 2.05. The van der Waals surface area contributed by atoms with Crippen LogP contribution < -0.4 is 10.5 Å². The Bertz CT molecular complexity index is 614. The Morgan fingerprint density at radius 3 is 2.60 bits per heavy atom. The van der Waals surface area contributed by atoms with Crippen LogP contribution in [0.2, 0.25) is 0 Å². The van der Waals surface area contributed by atoms with Crippen LogP contribution in [-0.4, -0.2) is 32.0 Å². The number of carbonyl (C=O) groups is 1. The van der Waals surface area contributed by atoms with Crippen molar-refractivity contribution < 1.29 is 17.9 Å². The Hall–Kier alpha value is -1.03. The lowest BCUT2D eigenvalue weighted by Gasteiger charge is -2.39. The minimum Gasteiger partial charge on any atom is -0.378 e. The van der Waals surface area contributed by atoms with E-state index < -0.39 is 10.0 Å². The summed E-state index contributed by atoms with van der Waals surface area (Å²) >= 11 is 0.857. The van der Waals surface area contributed by atoms with Crippen LogP contribution in [-0.2, 0) is 19.6 Å². The summed E-state index contributed by atoms with van der Waals surface area (Å²) in [4.78, 5) is 15.9. The van der Waals surface area contributed by atoms with Crippen LogP contribution in [0.1, 0.15) is 31.4 Å². The number of nitrogens with two attached hydrogens (primary N) is 1. The summed E-state index contributed by atoms with van der Waals surface area (Å²) in [5, 5.41) is 7.91. The number of methoxy groups -OCH3 is 1. The second-order valence-electron chi connectivity index (χ2n) is 4.90. The first-order valence-corrected chi connectivity index (χ1v) is 8.47. The van der Waals surface area contributed by atoms with Crippen molar-refractivity contribution in [2.45, 2.75) is 42.4 Å². The van der Waals surface area contributed by atoms with E-state index in [9.17, 15) is 13.2 Å². The number of carbonyl (C=O) groups excluding carboxylic acids is 1. The molecule has 1 saturated carbocycles. The van der Waals surface area contributed by atoms with Crippen LogP contribution in [0.25, 0.3) is 0 Å². The first kappa shape index (κ1) is 15.4. The van der Waals surface area contributed by atoms with Crippen molar-refractivity contribution in [2.75, 3.05) is 12.4 Å². The average Bonchev–Trinajstić information content (AvgIpc) is 2.64. The molecule has 112 valence electrons. The van der Waals surface area contributed by atoms with Gasteiger partial charge in [0.1, 0.15) is 0 Å². The fourth-order valence-electron chi connectivity index (χ4n) is 2.18. The molecule has 7 nitrogen and oxygen atoms in total.